The highest BCUT2D eigenvalue weighted by molar-refractivity contribution is 6.31. The van der Waals surface area contributed by atoms with E-state index in [-0.39, 0.29) is 23.4 Å². The van der Waals surface area contributed by atoms with Crippen molar-refractivity contribution in [2.75, 3.05) is 30.8 Å². The second-order valence-corrected chi connectivity index (χ2v) is 9.68. The van der Waals surface area contributed by atoms with Gasteiger partial charge in [-0.05, 0) is 56.3 Å². The maximum atomic E-state index is 13.5. The number of aromatic nitrogens is 3. The summed E-state index contributed by atoms with van der Waals surface area (Å²) in [6.07, 6.45) is -0.843. The van der Waals surface area contributed by atoms with Crippen molar-refractivity contribution in [2.24, 2.45) is 0 Å². The van der Waals surface area contributed by atoms with Crippen LogP contribution < -0.4 is 20.1 Å². The van der Waals surface area contributed by atoms with E-state index >= 15 is 0 Å². The van der Waals surface area contributed by atoms with Crippen LogP contribution in [0.5, 0.6) is 17.2 Å². The number of likely N-dealkylation sites (tertiary alicyclic amines) is 1. The Bertz CT molecular complexity index is 1490. The summed E-state index contributed by atoms with van der Waals surface area (Å²) in [6.45, 7) is 1.56. The largest absolute Gasteiger partial charge is 0.488 e. The molecule has 2 amide bonds. The summed E-state index contributed by atoms with van der Waals surface area (Å²) in [4.78, 5) is 19.1. The third-order valence-electron chi connectivity index (χ3n) is 6.24. The number of benzene rings is 2. The van der Waals surface area contributed by atoms with Crippen molar-refractivity contribution in [3.8, 4) is 28.8 Å². The van der Waals surface area contributed by atoms with Gasteiger partial charge in [-0.3, -0.25) is 4.98 Å². The first kappa shape index (κ1) is 28.2. The van der Waals surface area contributed by atoms with Crippen LogP contribution in [0.1, 0.15) is 18.4 Å². The standard InChI is InChI=1S/C27H24ClF3N6O4/c1-37-10-7-18(8-11-37)41-24-14-21(28)20(27(29,30)31)13-22(24)35-26(38)34-16-2-4-17(5-3-16)40-19-6-9-32-23(12-19)25-36-33-15-39-25/h2-6,9,12-15,18H,7-8,10-11H2,1H3,(H2,34,35,38). The van der Waals surface area contributed by atoms with Crippen LogP contribution in [0.15, 0.2) is 65.5 Å². The molecule has 10 nitrogen and oxygen atoms in total. The highest BCUT2D eigenvalue weighted by atomic mass is 35.5. The molecule has 0 unspecified atom stereocenters. The van der Waals surface area contributed by atoms with E-state index in [4.69, 9.17) is 25.5 Å². The van der Waals surface area contributed by atoms with Gasteiger partial charge in [-0.15, -0.1) is 10.2 Å². The Kier molecular flexibility index (Phi) is 8.26. The zero-order chi connectivity index (χ0) is 29.0. The van der Waals surface area contributed by atoms with Crippen LogP contribution in [-0.4, -0.2) is 52.4 Å². The molecule has 41 heavy (non-hydrogen) atoms. The van der Waals surface area contributed by atoms with Crippen molar-refractivity contribution in [3.05, 3.63) is 71.7 Å². The van der Waals surface area contributed by atoms with Crippen molar-refractivity contribution in [1.29, 1.82) is 0 Å². The number of pyridine rings is 1. The van der Waals surface area contributed by atoms with Gasteiger partial charge < -0.3 is 29.4 Å². The molecule has 0 spiro atoms. The van der Waals surface area contributed by atoms with Crippen LogP contribution in [0.3, 0.4) is 0 Å². The van der Waals surface area contributed by atoms with Gasteiger partial charge in [0.2, 0.25) is 6.39 Å². The molecule has 5 rings (SSSR count). The van der Waals surface area contributed by atoms with Gasteiger partial charge in [-0.1, -0.05) is 11.6 Å². The smallest absolute Gasteiger partial charge is 0.417 e. The number of anilines is 2. The molecular formula is C27H24ClF3N6O4. The fourth-order valence-electron chi connectivity index (χ4n) is 4.15. The SMILES string of the molecule is CN1CCC(Oc2cc(Cl)c(C(F)(F)F)cc2NC(=O)Nc2ccc(Oc3ccnc(-c4nnco4)c3)cc2)CC1. The Labute approximate surface area is 237 Å². The molecule has 0 saturated carbocycles. The lowest BCUT2D eigenvalue weighted by molar-refractivity contribution is -0.137. The number of rotatable bonds is 7. The first-order valence-electron chi connectivity index (χ1n) is 12.5. The summed E-state index contributed by atoms with van der Waals surface area (Å²) in [5.74, 6) is 1.23. The third-order valence-corrected chi connectivity index (χ3v) is 6.55. The topological polar surface area (TPSA) is 115 Å². The van der Waals surface area contributed by atoms with Crippen molar-refractivity contribution >= 4 is 29.0 Å². The van der Waals surface area contributed by atoms with E-state index < -0.39 is 22.8 Å². The molecular weight excluding hydrogens is 565 g/mol. The summed E-state index contributed by atoms with van der Waals surface area (Å²) in [7, 11) is 1.98. The lowest BCUT2D eigenvalue weighted by atomic mass is 10.1. The number of piperidine rings is 1. The number of urea groups is 1. The zero-order valence-corrected chi connectivity index (χ0v) is 22.4. The second-order valence-electron chi connectivity index (χ2n) is 9.27. The van der Waals surface area contributed by atoms with Crippen LogP contribution in [0.2, 0.25) is 5.02 Å². The van der Waals surface area contributed by atoms with Crippen molar-refractivity contribution < 1.29 is 31.9 Å². The predicted molar refractivity (Wildman–Crippen MR) is 144 cm³/mol. The van der Waals surface area contributed by atoms with Crippen LogP contribution >= 0.6 is 11.6 Å². The molecule has 0 bridgehead atoms. The highest BCUT2D eigenvalue weighted by Gasteiger charge is 2.35. The van der Waals surface area contributed by atoms with Gasteiger partial charge in [-0.25, -0.2) is 4.79 Å². The minimum absolute atomic E-state index is 0.0636. The minimum atomic E-state index is -4.72. The molecule has 214 valence electrons. The van der Waals surface area contributed by atoms with Gasteiger partial charge in [0.05, 0.1) is 16.3 Å². The quantitative estimate of drug-likeness (QED) is 0.245. The monoisotopic (exact) mass is 588 g/mol. The summed E-state index contributed by atoms with van der Waals surface area (Å²) in [6, 6.07) is 10.8. The normalized spacial score (nSPS) is 14.5. The molecule has 0 aliphatic carbocycles. The highest BCUT2D eigenvalue weighted by Crippen LogP contribution is 2.41. The molecule has 4 aromatic rings. The summed E-state index contributed by atoms with van der Waals surface area (Å²) in [5.41, 5.74) is -0.415. The van der Waals surface area contributed by atoms with Crippen molar-refractivity contribution in [1.82, 2.24) is 20.1 Å². The fraction of sp³-hybridized carbons (Fsp3) is 0.259. The molecule has 3 heterocycles. The zero-order valence-electron chi connectivity index (χ0n) is 21.6. The Balaban J connectivity index is 1.26. The molecule has 14 heteroatoms. The number of carbonyl (C=O) groups is 1. The van der Waals surface area contributed by atoms with E-state index in [1.807, 2.05) is 7.05 Å². The molecule has 0 radical (unpaired) electrons. The number of carbonyl (C=O) groups excluding carboxylic acids is 1. The Morgan fingerprint density at radius 1 is 1.07 bits per heavy atom. The summed E-state index contributed by atoms with van der Waals surface area (Å²) >= 11 is 5.94. The summed E-state index contributed by atoms with van der Waals surface area (Å²) < 4.78 is 57.6. The molecule has 2 aromatic carbocycles. The molecule has 2 aromatic heterocycles. The number of amides is 2. The number of halogens is 4. The predicted octanol–water partition coefficient (Wildman–Crippen LogP) is 6.71. The van der Waals surface area contributed by atoms with Gasteiger partial charge in [0.1, 0.15) is 29.0 Å². The minimum Gasteiger partial charge on any atom is -0.488 e. The Hall–Kier alpha value is -4.36. The van der Waals surface area contributed by atoms with E-state index in [1.165, 1.54) is 12.6 Å². The van der Waals surface area contributed by atoms with Crippen molar-refractivity contribution in [3.63, 3.8) is 0 Å². The van der Waals surface area contributed by atoms with Gasteiger partial charge in [0.25, 0.3) is 5.89 Å². The number of hydrogen-bond donors (Lipinski definition) is 2. The van der Waals surface area contributed by atoms with Crippen molar-refractivity contribution in [2.45, 2.75) is 25.1 Å². The van der Waals surface area contributed by atoms with Crippen LogP contribution in [0, 0.1) is 0 Å². The number of hydrogen-bond acceptors (Lipinski definition) is 8. The Morgan fingerprint density at radius 2 is 1.83 bits per heavy atom. The second kappa shape index (κ2) is 12.0. The third kappa shape index (κ3) is 7.24. The van der Waals surface area contributed by atoms with Gasteiger partial charge in [-0.2, -0.15) is 13.2 Å². The van der Waals surface area contributed by atoms with Gasteiger partial charge in [0, 0.05) is 37.1 Å². The van der Waals surface area contributed by atoms with Gasteiger partial charge in [0.15, 0.2) is 0 Å². The fourth-order valence-corrected chi connectivity index (χ4v) is 4.41. The van der Waals surface area contributed by atoms with E-state index in [2.05, 4.69) is 30.7 Å². The number of ether oxygens (including phenoxy) is 2. The maximum absolute atomic E-state index is 13.5. The van der Waals surface area contributed by atoms with Crippen LogP contribution in [-0.2, 0) is 6.18 Å². The Morgan fingerprint density at radius 3 is 2.51 bits per heavy atom. The number of alkyl halides is 3. The lowest BCUT2D eigenvalue weighted by Gasteiger charge is -2.30. The molecule has 2 N–H and O–H groups in total. The number of nitrogens with zero attached hydrogens (tertiary/aromatic N) is 4. The van der Waals surface area contributed by atoms with E-state index in [0.29, 0.717) is 35.7 Å². The van der Waals surface area contributed by atoms with Gasteiger partial charge >= 0.3 is 12.2 Å². The lowest BCUT2D eigenvalue weighted by Crippen LogP contribution is -2.35. The van der Waals surface area contributed by atoms with Crippen LogP contribution in [0.4, 0.5) is 29.3 Å². The van der Waals surface area contributed by atoms with E-state index in [9.17, 15) is 18.0 Å². The van der Waals surface area contributed by atoms with E-state index in [0.717, 1.165) is 25.2 Å². The first-order chi connectivity index (χ1) is 19.6. The van der Waals surface area contributed by atoms with E-state index in [1.54, 1.807) is 36.4 Å². The molecule has 0 atom stereocenters. The summed E-state index contributed by atoms with van der Waals surface area (Å²) in [5, 5.41) is 12.0. The molecule has 1 saturated heterocycles. The number of nitrogens with one attached hydrogen (secondary N) is 2. The molecule has 1 fully saturated rings. The first-order valence-corrected chi connectivity index (χ1v) is 12.9. The molecule has 1 aliphatic rings. The van der Waals surface area contributed by atoms with Crippen LogP contribution in [0.25, 0.3) is 11.6 Å². The average molecular weight is 589 g/mol. The molecule has 1 aliphatic heterocycles. The maximum Gasteiger partial charge on any atom is 0.417 e. The average Bonchev–Trinajstić information content (AvgIpc) is 3.47.